The zero-order valence-electron chi connectivity index (χ0n) is 10.5. The molecule has 1 aromatic carbocycles. The summed E-state index contributed by atoms with van der Waals surface area (Å²) in [6, 6.07) is 6.90. The fraction of sp³-hybridized carbons (Fsp3) is 0.286. The standard InChI is InChI=1S/C14H16FN3/c1-3-16-14(11-4-5-17-18-9-11)12-6-10(2)7-13(15)8-12/h4-9,14,16H,3H2,1-2H3. The van der Waals surface area contributed by atoms with Crippen molar-refractivity contribution in [1.29, 1.82) is 0 Å². The Balaban J connectivity index is 2.41. The second-order valence-electron chi connectivity index (χ2n) is 4.23. The summed E-state index contributed by atoms with van der Waals surface area (Å²) in [5, 5.41) is 11.0. The largest absolute Gasteiger partial charge is 0.306 e. The van der Waals surface area contributed by atoms with Crippen LogP contribution < -0.4 is 5.32 Å². The fourth-order valence-corrected chi connectivity index (χ4v) is 2.04. The molecular weight excluding hydrogens is 229 g/mol. The van der Waals surface area contributed by atoms with E-state index in [0.717, 1.165) is 23.2 Å². The number of halogens is 1. The molecule has 1 heterocycles. The molecular formula is C14H16FN3. The number of nitrogens with zero attached hydrogens (tertiary/aromatic N) is 2. The Morgan fingerprint density at radius 3 is 2.67 bits per heavy atom. The van der Waals surface area contributed by atoms with E-state index in [2.05, 4.69) is 15.5 Å². The number of nitrogens with one attached hydrogen (secondary N) is 1. The molecule has 0 aliphatic carbocycles. The summed E-state index contributed by atoms with van der Waals surface area (Å²) in [5.74, 6) is -0.213. The van der Waals surface area contributed by atoms with E-state index in [4.69, 9.17) is 0 Å². The Bertz CT molecular complexity index is 493. The SMILES string of the molecule is CCNC(c1ccnnc1)c1cc(C)cc(F)c1. The smallest absolute Gasteiger partial charge is 0.123 e. The molecule has 1 unspecified atom stereocenters. The molecule has 0 radical (unpaired) electrons. The molecule has 4 heteroatoms. The van der Waals surface area contributed by atoms with Crippen molar-refractivity contribution in [2.45, 2.75) is 19.9 Å². The minimum atomic E-state index is -0.213. The van der Waals surface area contributed by atoms with Crippen molar-refractivity contribution in [2.75, 3.05) is 6.54 Å². The number of benzene rings is 1. The maximum atomic E-state index is 13.5. The molecule has 0 fully saturated rings. The Hall–Kier alpha value is -1.81. The summed E-state index contributed by atoms with van der Waals surface area (Å²) in [7, 11) is 0. The van der Waals surface area contributed by atoms with Crippen molar-refractivity contribution in [2.24, 2.45) is 0 Å². The molecule has 3 nitrogen and oxygen atoms in total. The second-order valence-corrected chi connectivity index (χ2v) is 4.23. The molecule has 18 heavy (non-hydrogen) atoms. The van der Waals surface area contributed by atoms with Gasteiger partial charge >= 0.3 is 0 Å². The van der Waals surface area contributed by atoms with Crippen LogP contribution in [0.5, 0.6) is 0 Å². The van der Waals surface area contributed by atoms with Crippen LogP contribution in [0.3, 0.4) is 0 Å². The third kappa shape index (κ3) is 2.90. The molecule has 0 amide bonds. The van der Waals surface area contributed by atoms with Crippen molar-refractivity contribution in [3.05, 3.63) is 59.2 Å². The summed E-state index contributed by atoms with van der Waals surface area (Å²) >= 11 is 0. The van der Waals surface area contributed by atoms with E-state index in [9.17, 15) is 4.39 Å². The van der Waals surface area contributed by atoms with Gasteiger partial charge in [0.15, 0.2) is 0 Å². The highest BCUT2D eigenvalue weighted by atomic mass is 19.1. The van der Waals surface area contributed by atoms with Crippen LogP contribution in [-0.2, 0) is 0 Å². The van der Waals surface area contributed by atoms with Gasteiger partial charge in [-0.3, -0.25) is 0 Å². The van der Waals surface area contributed by atoms with Crippen LogP contribution in [0.15, 0.2) is 36.7 Å². The molecule has 2 rings (SSSR count). The monoisotopic (exact) mass is 245 g/mol. The van der Waals surface area contributed by atoms with Crippen LogP contribution in [0.2, 0.25) is 0 Å². The highest BCUT2D eigenvalue weighted by Gasteiger charge is 2.14. The van der Waals surface area contributed by atoms with Gasteiger partial charge in [0.1, 0.15) is 5.82 Å². The van der Waals surface area contributed by atoms with Crippen molar-refractivity contribution in [3.8, 4) is 0 Å². The quantitative estimate of drug-likeness (QED) is 0.899. The van der Waals surface area contributed by atoms with Gasteiger partial charge in [-0.05, 0) is 48.4 Å². The van der Waals surface area contributed by atoms with Crippen LogP contribution in [0, 0.1) is 12.7 Å². The van der Waals surface area contributed by atoms with Crippen molar-refractivity contribution in [1.82, 2.24) is 15.5 Å². The molecule has 0 aliphatic heterocycles. The molecule has 0 saturated heterocycles. The van der Waals surface area contributed by atoms with Gasteiger partial charge in [0.2, 0.25) is 0 Å². The van der Waals surface area contributed by atoms with Gasteiger partial charge < -0.3 is 5.32 Å². The third-order valence-corrected chi connectivity index (χ3v) is 2.75. The van der Waals surface area contributed by atoms with Gasteiger partial charge in [-0.15, -0.1) is 0 Å². The zero-order chi connectivity index (χ0) is 13.0. The Kier molecular flexibility index (Phi) is 3.99. The predicted octanol–water partition coefficient (Wildman–Crippen LogP) is 2.62. The van der Waals surface area contributed by atoms with E-state index in [-0.39, 0.29) is 11.9 Å². The summed E-state index contributed by atoms with van der Waals surface area (Å²) < 4.78 is 13.5. The molecule has 1 aromatic heterocycles. The van der Waals surface area contributed by atoms with E-state index in [1.165, 1.54) is 6.07 Å². The Morgan fingerprint density at radius 1 is 1.22 bits per heavy atom. The van der Waals surface area contributed by atoms with Gasteiger partial charge in [0, 0.05) is 6.20 Å². The summed E-state index contributed by atoms with van der Waals surface area (Å²) in [6.07, 6.45) is 3.35. The number of hydrogen-bond donors (Lipinski definition) is 1. The van der Waals surface area contributed by atoms with Crippen molar-refractivity contribution >= 4 is 0 Å². The summed E-state index contributed by atoms with van der Waals surface area (Å²) in [4.78, 5) is 0. The minimum Gasteiger partial charge on any atom is -0.306 e. The molecule has 94 valence electrons. The summed E-state index contributed by atoms with van der Waals surface area (Å²) in [6.45, 7) is 4.71. The lowest BCUT2D eigenvalue weighted by Gasteiger charge is -2.18. The van der Waals surface area contributed by atoms with Gasteiger partial charge in [0.25, 0.3) is 0 Å². The first-order valence-electron chi connectivity index (χ1n) is 5.97. The van der Waals surface area contributed by atoms with E-state index in [0.29, 0.717) is 0 Å². The number of hydrogen-bond acceptors (Lipinski definition) is 3. The van der Waals surface area contributed by atoms with Crippen LogP contribution in [0.4, 0.5) is 4.39 Å². The Labute approximate surface area is 106 Å². The first kappa shape index (κ1) is 12.6. The highest BCUT2D eigenvalue weighted by molar-refractivity contribution is 5.32. The molecule has 2 aromatic rings. The normalized spacial score (nSPS) is 12.4. The van der Waals surface area contributed by atoms with E-state index >= 15 is 0 Å². The highest BCUT2D eigenvalue weighted by Crippen LogP contribution is 2.22. The van der Waals surface area contributed by atoms with Gasteiger partial charge in [-0.2, -0.15) is 10.2 Å². The third-order valence-electron chi connectivity index (χ3n) is 2.75. The molecule has 1 atom stereocenters. The Morgan fingerprint density at radius 2 is 2.06 bits per heavy atom. The molecule has 0 aliphatic rings. The maximum absolute atomic E-state index is 13.5. The van der Waals surface area contributed by atoms with Crippen molar-refractivity contribution in [3.63, 3.8) is 0 Å². The van der Waals surface area contributed by atoms with E-state index in [1.807, 2.05) is 26.0 Å². The molecule has 0 spiro atoms. The van der Waals surface area contributed by atoms with E-state index < -0.39 is 0 Å². The van der Waals surface area contributed by atoms with Crippen LogP contribution in [0.1, 0.15) is 29.7 Å². The number of aromatic nitrogens is 2. The first-order chi connectivity index (χ1) is 8.70. The van der Waals surface area contributed by atoms with Crippen LogP contribution in [0.25, 0.3) is 0 Å². The van der Waals surface area contributed by atoms with Gasteiger partial charge in [-0.25, -0.2) is 4.39 Å². The molecule has 1 N–H and O–H groups in total. The van der Waals surface area contributed by atoms with Gasteiger partial charge in [0.05, 0.1) is 12.2 Å². The van der Waals surface area contributed by atoms with E-state index in [1.54, 1.807) is 18.5 Å². The number of aryl methyl sites for hydroxylation is 1. The second kappa shape index (κ2) is 5.69. The maximum Gasteiger partial charge on any atom is 0.123 e. The summed E-state index contributed by atoms with van der Waals surface area (Å²) in [5.41, 5.74) is 2.80. The average molecular weight is 245 g/mol. The fourth-order valence-electron chi connectivity index (χ4n) is 2.04. The lowest BCUT2D eigenvalue weighted by Crippen LogP contribution is -2.22. The van der Waals surface area contributed by atoms with Gasteiger partial charge in [-0.1, -0.05) is 13.0 Å². The molecule has 0 bridgehead atoms. The number of rotatable bonds is 4. The predicted molar refractivity (Wildman–Crippen MR) is 68.7 cm³/mol. The average Bonchev–Trinajstić information content (AvgIpc) is 2.36. The van der Waals surface area contributed by atoms with Crippen molar-refractivity contribution < 1.29 is 4.39 Å². The zero-order valence-corrected chi connectivity index (χ0v) is 10.5. The lowest BCUT2D eigenvalue weighted by molar-refractivity contribution is 0.600. The van der Waals surface area contributed by atoms with Crippen LogP contribution in [-0.4, -0.2) is 16.7 Å². The first-order valence-corrected chi connectivity index (χ1v) is 5.97. The topological polar surface area (TPSA) is 37.8 Å². The van der Waals surface area contributed by atoms with Crippen LogP contribution >= 0.6 is 0 Å². The lowest BCUT2D eigenvalue weighted by atomic mass is 9.99. The minimum absolute atomic E-state index is 0.0556. The molecule has 0 saturated carbocycles.